The summed E-state index contributed by atoms with van der Waals surface area (Å²) in [6.45, 7) is 5.53. The van der Waals surface area contributed by atoms with Crippen molar-refractivity contribution in [3.8, 4) is 0 Å². The molecule has 0 aliphatic carbocycles. The Bertz CT molecular complexity index is 220. The molecule has 1 fully saturated rings. The van der Waals surface area contributed by atoms with Gasteiger partial charge in [0.05, 0.1) is 6.61 Å². The predicted octanol–water partition coefficient (Wildman–Crippen LogP) is 3.56. The van der Waals surface area contributed by atoms with Crippen molar-refractivity contribution in [1.29, 1.82) is 0 Å². The van der Waals surface area contributed by atoms with Crippen LogP contribution in [0.15, 0.2) is 12.7 Å². The SMILES string of the molecule is C1CCOC1.C=CC(=O)OCCC[Si](Cl)(Cl)Cl. The van der Waals surface area contributed by atoms with Gasteiger partial charge < -0.3 is 9.47 Å². The molecule has 3 nitrogen and oxygen atoms in total. The normalized spacial score (nSPS) is 14.8. The highest BCUT2D eigenvalue weighted by atomic mass is 35.8. The van der Waals surface area contributed by atoms with Gasteiger partial charge >= 0.3 is 12.0 Å². The number of hydrogen-bond donors (Lipinski definition) is 0. The maximum Gasteiger partial charge on any atom is 0.341 e. The third kappa shape index (κ3) is 14.2. The summed E-state index contributed by atoms with van der Waals surface area (Å²) in [5.41, 5.74) is 0. The van der Waals surface area contributed by atoms with E-state index in [1.807, 2.05) is 0 Å². The van der Waals surface area contributed by atoms with E-state index < -0.39 is 12.0 Å². The molecule has 1 saturated heterocycles. The van der Waals surface area contributed by atoms with E-state index in [0.29, 0.717) is 12.5 Å². The first-order chi connectivity index (χ1) is 7.95. The van der Waals surface area contributed by atoms with Gasteiger partial charge in [-0.1, -0.05) is 6.58 Å². The van der Waals surface area contributed by atoms with Crippen LogP contribution in [0.5, 0.6) is 0 Å². The summed E-state index contributed by atoms with van der Waals surface area (Å²) in [7, 11) is 0. The minimum Gasteiger partial charge on any atom is -0.463 e. The van der Waals surface area contributed by atoms with E-state index in [2.05, 4.69) is 11.3 Å². The molecule has 7 heteroatoms. The van der Waals surface area contributed by atoms with E-state index in [0.717, 1.165) is 19.3 Å². The predicted molar refractivity (Wildman–Crippen MR) is 73.9 cm³/mol. The molecule has 1 heterocycles. The van der Waals surface area contributed by atoms with E-state index in [1.54, 1.807) is 0 Å². The Morgan fingerprint density at radius 1 is 1.35 bits per heavy atom. The van der Waals surface area contributed by atoms with Gasteiger partial charge in [0, 0.05) is 19.3 Å². The standard InChI is InChI=1S/C6H9Cl3O2Si.C4H8O/c1-2-6(10)11-4-3-5-12(7,8)9;1-2-4-5-3-1/h2H,1,3-5H2;1-4H2. The van der Waals surface area contributed by atoms with Gasteiger partial charge in [0.1, 0.15) is 0 Å². The van der Waals surface area contributed by atoms with Gasteiger partial charge in [-0.3, -0.25) is 0 Å². The molecule has 17 heavy (non-hydrogen) atoms. The van der Waals surface area contributed by atoms with Gasteiger partial charge in [0.2, 0.25) is 0 Å². The number of esters is 1. The minimum absolute atomic E-state index is 0.283. The van der Waals surface area contributed by atoms with Crippen molar-refractivity contribution in [3.05, 3.63) is 12.7 Å². The Kier molecular flexibility index (Phi) is 10.4. The molecule has 0 radical (unpaired) electrons. The zero-order valence-electron chi connectivity index (χ0n) is 9.59. The smallest absolute Gasteiger partial charge is 0.341 e. The van der Waals surface area contributed by atoms with Gasteiger partial charge in [-0.15, -0.1) is 33.2 Å². The average Bonchev–Trinajstić information content (AvgIpc) is 2.81. The molecule has 1 aliphatic rings. The molecule has 0 aromatic carbocycles. The zero-order chi connectivity index (χ0) is 13.1. The van der Waals surface area contributed by atoms with Crippen molar-refractivity contribution in [2.24, 2.45) is 0 Å². The largest absolute Gasteiger partial charge is 0.463 e. The second kappa shape index (κ2) is 10.2. The van der Waals surface area contributed by atoms with Crippen LogP contribution in [-0.4, -0.2) is 31.8 Å². The molecule has 0 atom stereocenters. The van der Waals surface area contributed by atoms with Crippen LogP contribution in [0.4, 0.5) is 0 Å². The van der Waals surface area contributed by atoms with Crippen LogP contribution >= 0.6 is 33.2 Å². The Morgan fingerprint density at radius 3 is 2.29 bits per heavy atom. The summed E-state index contributed by atoms with van der Waals surface area (Å²) < 4.78 is 9.62. The van der Waals surface area contributed by atoms with Crippen molar-refractivity contribution in [2.45, 2.75) is 25.3 Å². The Hall–Kier alpha value is 0.257. The zero-order valence-corrected chi connectivity index (χ0v) is 12.9. The molecule has 0 unspecified atom stereocenters. The van der Waals surface area contributed by atoms with E-state index in [9.17, 15) is 4.79 Å². The molecule has 1 aliphatic heterocycles. The maximum absolute atomic E-state index is 10.5. The molecule has 0 aromatic heterocycles. The highest BCUT2D eigenvalue weighted by molar-refractivity contribution is 7.64. The monoisotopic (exact) mass is 318 g/mol. The summed E-state index contributed by atoms with van der Waals surface area (Å²) in [5, 5.41) is 0. The fourth-order valence-corrected chi connectivity index (χ4v) is 2.76. The lowest BCUT2D eigenvalue weighted by Crippen LogP contribution is -2.11. The van der Waals surface area contributed by atoms with Gasteiger partial charge in [0.25, 0.3) is 0 Å². The molecule has 0 amide bonds. The van der Waals surface area contributed by atoms with Crippen molar-refractivity contribution < 1.29 is 14.3 Å². The first kappa shape index (κ1) is 17.3. The maximum atomic E-state index is 10.5. The first-order valence-corrected chi connectivity index (χ1v) is 10.6. The van der Waals surface area contributed by atoms with Crippen molar-refractivity contribution >= 4 is 45.2 Å². The molecule has 100 valence electrons. The van der Waals surface area contributed by atoms with E-state index in [1.165, 1.54) is 12.8 Å². The molecule has 0 N–H and O–H groups in total. The van der Waals surface area contributed by atoms with Crippen LogP contribution in [0.25, 0.3) is 0 Å². The first-order valence-electron chi connectivity index (χ1n) is 5.39. The topological polar surface area (TPSA) is 35.5 Å². The molecular weight excluding hydrogens is 303 g/mol. The van der Waals surface area contributed by atoms with Gasteiger partial charge in [-0.05, 0) is 25.3 Å². The van der Waals surface area contributed by atoms with Crippen LogP contribution in [0.2, 0.25) is 6.04 Å². The Labute approximate surface area is 117 Å². The van der Waals surface area contributed by atoms with Crippen molar-refractivity contribution in [2.75, 3.05) is 19.8 Å². The molecule has 1 rings (SSSR count). The molecule has 0 aromatic rings. The summed E-state index contributed by atoms with van der Waals surface area (Å²) in [6, 6.07) is -2.04. The molecular formula is C10H17Cl3O3Si. The number of carbonyl (C=O) groups excluding carboxylic acids is 1. The average molecular weight is 320 g/mol. The third-order valence-corrected chi connectivity index (χ3v) is 4.46. The third-order valence-electron chi connectivity index (χ3n) is 1.84. The number of ether oxygens (including phenoxy) is 2. The summed E-state index contributed by atoms with van der Waals surface area (Å²) in [6.07, 6.45) is 4.25. The highest BCUT2D eigenvalue weighted by Gasteiger charge is 2.23. The van der Waals surface area contributed by atoms with E-state index >= 15 is 0 Å². The second-order valence-electron chi connectivity index (χ2n) is 3.41. The number of halogens is 3. The lowest BCUT2D eigenvalue weighted by molar-refractivity contribution is -0.137. The molecule has 0 saturated carbocycles. The number of carbonyl (C=O) groups is 1. The highest BCUT2D eigenvalue weighted by Crippen LogP contribution is 2.26. The van der Waals surface area contributed by atoms with Crippen LogP contribution in [0, 0.1) is 0 Å². The van der Waals surface area contributed by atoms with Crippen molar-refractivity contribution in [1.82, 2.24) is 0 Å². The van der Waals surface area contributed by atoms with Crippen LogP contribution in [0.3, 0.4) is 0 Å². The van der Waals surface area contributed by atoms with Crippen LogP contribution < -0.4 is 0 Å². The fraction of sp³-hybridized carbons (Fsp3) is 0.700. The second-order valence-corrected chi connectivity index (χ2v) is 12.7. The van der Waals surface area contributed by atoms with Gasteiger partial charge in [-0.2, -0.15) is 0 Å². The van der Waals surface area contributed by atoms with E-state index in [4.69, 9.17) is 38.0 Å². The number of hydrogen-bond acceptors (Lipinski definition) is 3. The lowest BCUT2D eigenvalue weighted by Gasteiger charge is -2.06. The summed E-state index contributed by atoms with van der Waals surface area (Å²) in [5.74, 6) is -0.444. The minimum atomic E-state index is -2.54. The summed E-state index contributed by atoms with van der Waals surface area (Å²) in [4.78, 5) is 10.5. The Morgan fingerprint density at radius 2 is 1.94 bits per heavy atom. The Balaban J connectivity index is 0.000000419. The van der Waals surface area contributed by atoms with Crippen LogP contribution in [0.1, 0.15) is 19.3 Å². The van der Waals surface area contributed by atoms with Gasteiger partial charge in [-0.25, -0.2) is 4.79 Å². The molecule has 0 bridgehead atoms. The van der Waals surface area contributed by atoms with Crippen LogP contribution in [-0.2, 0) is 14.3 Å². The van der Waals surface area contributed by atoms with E-state index in [-0.39, 0.29) is 6.61 Å². The molecule has 0 spiro atoms. The quantitative estimate of drug-likeness (QED) is 0.255. The summed E-state index contributed by atoms with van der Waals surface area (Å²) >= 11 is 16.8. The number of rotatable bonds is 5. The fourth-order valence-electron chi connectivity index (χ4n) is 1.01. The van der Waals surface area contributed by atoms with Gasteiger partial charge in [0.15, 0.2) is 0 Å². The van der Waals surface area contributed by atoms with Crippen molar-refractivity contribution in [3.63, 3.8) is 0 Å². The lowest BCUT2D eigenvalue weighted by atomic mass is 10.4.